The Hall–Kier alpha value is -2.58. The van der Waals surface area contributed by atoms with Gasteiger partial charge in [-0.15, -0.1) is 0 Å². The van der Waals surface area contributed by atoms with Gasteiger partial charge in [-0.3, -0.25) is 0 Å². The normalized spacial score (nSPS) is 13.6. The minimum Gasteiger partial charge on any atom is -0.478 e. The zero-order chi connectivity index (χ0) is 20.7. The zero-order valence-electron chi connectivity index (χ0n) is 16.3. The summed E-state index contributed by atoms with van der Waals surface area (Å²) in [5.74, 6) is -0.578. The summed E-state index contributed by atoms with van der Waals surface area (Å²) in [6.07, 6.45) is 1.91. The molecule has 152 valence electrons. The summed E-state index contributed by atoms with van der Waals surface area (Å²) in [6, 6.07) is 11.4. The maximum Gasteiger partial charge on any atom is 0.335 e. The van der Waals surface area contributed by atoms with Gasteiger partial charge in [-0.1, -0.05) is 32.0 Å². The van der Waals surface area contributed by atoms with Crippen LogP contribution in [0.15, 0.2) is 47.4 Å². The van der Waals surface area contributed by atoms with Crippen LogP contribution in [0.2, 0.25) is 0 Å². The number of ether oxygens (including phenoxy) is 1. The number of aromatic carboxylic acids is 1. The molecule has 1 saturated heterocycles. The maximum absolute atomic E-state index is 12.6. The number of para-hydroxylation sites is 1. The number of rotatable bonds is 6. The van der Waals surface area contributed by atoms with Crippen molar-refractivity contribution in [3.05, 3.63) is 48.0 Å². The van der Waals surface area contributed by atoms with E-state index < -0.39 is 16.0 Å². The van der Waals surface area contributed by atoms with E-state index in [1.165, 1.54) is 13.1 Å². The standard InChI is InChI=1S/C18H20N2O5S.C2H6/c1-19-26(23,24)16-12-13(18(21)22)11-15(20-9-5-6-10-20)17(16)25-14-7-3-2-4-8-14;1-2/h2-4,7-8,11-12,19H,5-6,9-10H2,1H3,(H,21,22);1-2H3. The van der Waals surface area contributed by atoms with Crippen LogP contribution in [0.1, 0.15) is 37.0 Å². The fourth-order valence-corrected chi connectivity index (χ4v) is 3.81. The van der Waals surface area contributed by atoms with Crippen molar-refractivity contribution in [1.82, 2.24) is 4.72 Å². The number of carbonyl (C=O) groups is 1. The number of hydrogen-bond acceptors (Lipinski definition) is 5. The van der Waals surface area contributed by atoms with Crippen molar-refractivity contribution in [1.29, 1.82) is 0 Å². The third-order valence-electron chi connectivity index (χ3n) is 4.25. The highest BCUT2D eigenvalue weighted by Gasteiger charge is 2.28. The van der Waals surface area contributed by atoms with E-state index in [9.17, 15) is 18.3 Å². The van der Waals surface area contributed by atoms with Gasteiger partial charge < -0.3 is 14.7 Å². The predicted octanol–water partition coefficient (Wildman–Crippen LogP) is 3.71. The van der Waals surface area contributed by atoms with Gasteiger partial charge in [0, 0.05) is 13.1 Å². The first-order valence-corrected chi connectivity index (χ1v) is 10.7. The lowest BCUT2D eigenvalue weighted by molar-refractivity contribution is 0.0696. The number of anilines is 1. The summed E-state index contributed by atoms with van der Waals surface area (Å²) in [4.78, 5) is 13.3. The molecular formula is C20H26N2O5S. The highest BCUT2D eigenvalue weighted by molar-refractivity contribution is 7.89. The number of carboxylic acids is 1. The quantitative estimate of drug-likeness (QED) is 0.759. The Kier molecular flexibility index (Phi) is 7.42. The molecule has 0 radical (unpaired) electrons. The van der Waals surface area contributed by atoms with E-state index >= 15 is 0 Å². The third-order valence-corrected chi connectivity index (χ3v) is 5.67. The Balaban J connectivity index is 0.00000136. The van der Waals surface area contributed by atoms with Gasteiger partial charge in [0.2, 0.25) is 10.0 Å². The molecule has 0 aliphatic carbocycles. The van der Waals surface area contributed by atoms with E-state index in [2.05, 4.69) is 4.72 Å². The second-order valence-electron chi connectivity index (χ2n) is 5.94. The maximum atomic E-state index is 12.6. The molecule has 1 fully saturated rings. The predicted molar refractivity (Wildman–Crippen MR) is 109 cm³/mol. The highest BCUT2D eigenvalue weighted by atomic mass is 32.2. The Morgan fingerprint density at radius 3 is 2.25 bits per heavy atom. The molecule has 1 aliphatic rings. The van der Waals surface area contributed by atoms with Gasteiger partial charge in [-0.2, -0.15) is 0 Å². The largest absolute Gasteiger partial charge is 0.478 e. The van der Waals surface area contributed by atoms with Crippen LogP contribution in [0.5, 0.6) is 11.5 Å². The number of carboxylic acid groups (broad SMARTS) is 1. The number of benzene rings is 2. The minimum atomic E-state index is -3.92. The van der Waals surface area contributed by atoms with Gasteiger partial charge >= 0.3 is 5.97 Å². The van der Waals surface area contributed by atoms with E-state index in [1.54, 1.807) is 24.3 Å². The molecule has 3 rings (SSSR count). The average Bonchev–Trinajstić information content (AvgIpc) is 3.24. The van der Waals surface area contributed by atoms with Crippen molar-refractivity contribution in [2.75, 3.05) is 25.0 Å². The monoisotopic (exact) mass is 406 g/mol. The molecule has 8 heteroatoms. The SMILES string of the molecule is CC.CNS(=O)(=O)c1cc(C(=O)O)cc(N2CCCC2)c1Oc1ccccc1. The van der Waals surface area contributed by atoms with Gasteiger partial charge in [-0.05, 0) is 44.2 Å². The first kappa shape index (κ1) is 21.7. The Bertz CT molecular complexity index is 908. The molecule has 1 heterocycles. The van der Waals surface area contributed by atoms with Crippen LogP contribution in [-0.4, -0.2) is 39.6 Å². The van der Waals surface area contributed by atoms with Crippen molar-refractivity contribution in [2.45, 2.75) is 31.6 Å². The molecule has 7 nitrogen and oxygen atoms in total. The number of hydrogen-bond donors (Lipinski definition) is 2. The zero-order valence-corrected chi connectivity index (χ0v) is 17.1. The van der Waals surface area contributed by atoms with Gasteiger partial charge in [0.05, 0.1) is 11.3 Å². The van der Waals surface area contributed by atoms with Crippen molar-refractivity contribution >= 4 is 21.7 Å². The van der Waals surface area contributed by atoms with Gasteiger partial charge in [0.15, 0.2) is 5.75 Å². The van der Waals surface area contributed by atoms with Crippen LogP contribution in [-0.2, 0) is 10.0 Å². The molecule has 1 aliphatic heterocycles. The van der Waals surface area contributed by atoms with E-state index in [0.29, 0.717) is 24.5 Å². The lowest BCUT2D eigenvalue weighted by Crippen LogP contribution is -2.23. The van der Waals surface area contributed by atoms with E-state index in [1.807, 2.05) is 24.8 Å². The fourth-order valence-electron chi connectivity index (χ4n) is 2.92. The summed E-state index contributed by atoms with van der Waals surface area (Å²) in [7, 11) is -2.64. The fraction of sp³-hybridized carbons (Fsp3) is 0.350. The molecule has 0 spiro atoms. The molecular weight excluding hydrogens is 380 g/mol. The Morgan fingerprint density at radius 1 is 1.11 bits per heavy atom. The molecule has 0 bridgehead atoms. The van der Waals surface area contributed by atoms with Crippen LogP contribution >= 0.6 is 0 Å². The second-order valence-corrected chi connectivity index (χ2v) is 7.80. The van der Waals surface area contributed by atoms with E-state index in [4.69, 9.17) is 4.74 Å². The molecule has 0 atom stereocenters. The molecule has 0 saturated carbocycles. The van der Waals surface area contributed by atoms with Gasteiger partial charge in [-0.25, -0.2) is 17.9 Å². The average molecular weight is 407 g/mol. The lowest BCUT2D eigenvalue weighted by atomic mass is 10.1. The lowest BCUT2D eigenvalue weighted by Gasteiger charge is -2.24. The van der Waals surface area contributed by atoms with Gasteiger partial charge in [0.25, 0.3) is 0 Å². The summed E-state index contributed by atoms with van der Waals surface area (Å²) >= 11 is 0. The summed E-state index contributed by atoms with van der Waals surface area (Å²) in [5.41, 5.74) is 0.376. The topological polar surface area (TPSA) is 95.9 Å². The van der Waals surface area contributed by atoms with Crippen LogP contribution in [0.4, 0.5) is 5.69 Å². The summed E-state index contributed by atoms with van der Waals surface area (Å²) in [5, 5.41) is 9.42. The van der Waals surface area contributed by atoms with Crippen LogP contribution in [0.25, 0.3) is 0 Å². The minimum absolute atomic E-state index is 0.0962. The van der Waals surface area contributed by atoms with E-state index in [-0.39, 0.29) is 16.2 Å². The van der Waals surface area contributed by atoms with Crippen molar-refractivity contribution in [3.8, 4) is 11.5 Å². The van der Waals surface area contributed by atoms with Crippen molar-refractivity contribution < 1.29 is 23.1 Å². The first-order chi connectivity index (χ1) is 13.4. The molecule has 28 heavy (non-hydrogen) atoms. The summed E-state index contributed by atoms with van der Waals surface area (Å²) < 4.78 is 33.3. The van der Waals surface area contributed by atoms with Crippen LogP contribution in [0, 0.1) is 0 Å². The smallest absolute Gasteiger partial charge is 0.335 e. The van der Waals surface area contributed by atoms with Gasteiger partial charge in [0.1, 0.15) is 10.6 Å². The number of sulfonamides is 1. The van der Waals surface area contributed by atoms with E-state index in [0.717, 1.165) is 18.9 Å². The molecule has 0 aromatic heterocycles. The summed E-state index contributed by atoms with van der Waals surface area (Å²) in [6.45, 7) is 5.43. The van der Waals surface area contributed by atoms with Crippen molar-refractivity contribution in [2.24, 2.45) is 0 Å². The molecule has 2 aromatic carbocycles. The number of nitrogens with one attached hydrogen (secondary N) is 1. The molecule has 0 unspecified atom stereocenters. The highest BCUT2D eigenvalue weighted by Crippen LogP contribution is 2.40. The second kappa shape index (κ2) is 9.57. The van der Waals surface area contributed by atoms with Crippen LogP contribution in [0.3, 0.4) is 0 Å². The molecule has 0 amide bonds. The van der Waals surface area contributed by atoms with Crippen LogP contribution < -0.4 is 14.4 Å². The Morgan fingerprint density at radius 2 is 1.71 bits per heavy atom. The molecule has 2 N–H and O–H groups in total. The number of nitrogens with zero attached hydrogens (tertiary/aromatic N) is 1. The Labute approximate surface area is 166 Å². The molecule has 2 aromatic rings. The first-order valence-electron chi connectivity index (χ1n) is 9.25. The third kappa shape index (κ3) is 4.82. The van der Waals surface area contributed by atoms with Crippen molar-refractivity contribution in [3.63, 3.8) is 0 Å².